The van der Waals surface area contributed by atoms with Crippen molar-refractivity contribution in [3.8, 4) is 0 Å². The summed E-state index contributed by atoms with van der Waals surface area (Å²) in [7, 11) is 0. The molecule has 0 spiro atoms. The van der Waals surface area contributed by atoms with Crippen molar-refractivity contribution in [3.05, 3.63) is 105 Å². The van der Waals surface area contributed by atoms with Crippen LogP contribution >= 0.6 is 0 Å². The molecule has 2 heteroatoms. The second-order valence-corrected chi connectivity index (χ2v) is 8.09. The lowest BCUT2D eigenvalue weighted by Crippen LogP contribution is -1.94. The van der Waals surface area contributed by atoms with Crippen molar-refractivity contribution in [1.82, 2.24) is 0 Å². The van der Waals surface area contributed by atoms with E-state index >= 15 is 0 Å². The van der Waals surface area contributed by atoms with E-state index in [-0.39, 0.29) is 10.9 Å². The van der Waals surface area contributed by atoms with Gasteiger partial charge in [-0.05, 0) is 79.5 Å². The lowest BCUT2D eigenvalue weighted by atomic mass is 9.99. The number of fused-ring (bicyclic) bond motifs is 8. The summed E-state index contributed by atoms with van der Waals surface area (Å²) in [6.45, 7) is 0. The van der Waals surface area contributed by atoms with Crippen LogP contribution in [0.3, 0.4) is 0 Å². The minimum absolute atomic E-state index is 0.0936. The highest BCUT2D eigenvalue weighted by Gasteiger charge is 2.13. The molecule has 0 N–H and O–H groups in total. The zero-order valence-electron chi connectivity index (χ0n) is 15.9. The van der Waals surface area contributed by atoms with E-state index in [0.717, 1.165) is 64.6 Å². The molecular formula is C28H14O2. The van der Waals surface area contributed by atoms with E-state index in [2.05, 4.69) is 24.3 Å². The van der Waals surface area contributed by atoms with Gasteiger partial charge in [-0.3, -0.25) is 9.59 Å². The minimum atomic E-state index is 0.0936. The van der Waals surface area contributed by atoms with Gasteiger partial charge in [-0.2, -0.15) is 0 Å². The smallest absolute Gasteiger partial charge is 0.194 e. The molecule has 0 aliphatic heterocycles. The Morgan fingerprint density at radius 1 is 0.333 bits per heavy atom. The third-order valence-corrected chi connectivity index (χ3v) is 6.48. The van der Waals surface area contributed by atoms with Gasteiger partial charge in [-0.25, -0.2) is 0 Å². The molecule has 0 saturated carbocycles. The van der Waals surface area contributed by atoms with Gasteiger partial charge < -0.3 is 0 Å². The number of hydrogen-bond donors (Lipinski definition) is 0. The Morgan fingerprint density at radius 2 is 0.667 bits per heavy atom. The molecule has 0 unspecified atom stereocenters. The van der Waals surface area contributed by atoms with Crippen LogP contribution in [0, 0.1) is 0 Å². The maximum absolute atomic E-state index is 12.9. The largest absolute Gasteiger partial charge is 0.289 e. The molecule has 30 heavy (non-hydrogen) atoms. The predicted molar refractivity (Wildman–Crippen MR) is 126 cm³/mol. The summed E-state index contributed by atoms with van der Waals surface area (Å²) < 4.78 is 0. The standard InChI is InChI=1S/C28H14O2/c29-27-21-7-3-1-5-19(21)23-11-15-9-18-14-26-24(12-16(18)10-17(15)13-25(23)27)20-6-2-4-8-22(20)28(26)30/h1-14H. The van der Waals surface area contributed by atoms with Gasteiger partial charge in [0.15, 0.2) is 10.9 Å². The number of hydrogen-bond acceptors (Lipinski definition) is 2. The molecule has 0 aliphatic carbocycles. The lowest BCUT2D eigenvalue weighted by molar-refractivity contribution is 1.80. The van der Waals surface area contributed by atoms with Crippen molar-refractivity contribution in [2.24, 2.45) is 0 Å². The Labute approximate surface area is 170 Å². The minimum Gasteiger partial charge on any atom is -0.289 e. The highest BCUT2D eigenvalue weighted by atomic mass is 16.1. The van der Waals surface area contributed by atoms with E-state index < -0.39 is 0 Å². The average Bonchev–Trinajstić information content (AvgIpc) is 3.21. The SMILES string of the molecule is O=c1c2ccccc2c2cc3cc4cc5c(=O)c6ccccc6c5cc4cc3cc12. The van der Waals surface area contributed by atoms with Crippen LogP contribution in [-0.4, -0.2) is 0 Å². The molecular weight excluding hydrogens is 368 g/mol. The first-order chi connectivity index (χ1) is 14.7. The molecule has 0 aromatic heterocycles. The summed E-state index contributed by atoms with van der Waals surface area (Å²) in [5.41, 5.74) is 0.187. The van der Waals surface area contributed by atoms with Crippen LogP contribution in [0.25, 0.3) is 64.6 Å². The van der Waals surface area contributed by atoms with Crippen LogP contribution < -0.4 is 10.9 Å². The van der Waals surface area contributed by atoms with E-state index in [4.69, 9.17) is 0 Å². The van der Waals surface area contributed by atoms with Gasteiger partial charge in [-0.1, -0.05) is 48.5 Å². The molecule has 0 fully saturated rings. The first-order valence-electron chi connectivity index (χ1n) is 10.0. The Balaban J connectivity index is 1.65. The summed E-state index contributed by atoms with van der Waals surface area (Å²) in [6, 6.07) is 28.1. The molecule has 7 rings (SSSR count). The average molecular weight is 382 g/mol. The van der Waals surface area contributed by atoms with Crippen molar-refractivity contribution >= 4 is 64.6 Å². The van der Waals surface area contributed by atoms with E-state index in [0.29, 0.717) is 0 Å². The summed E-state index contributed by atoms with van der Waals surface area (Å²) in [6.07, 6.45) is 0. The molecule has 7 aromatic carbocycles. The van der Waals surface area contributed by atoms with Crippen molar-refractivity contribution in [1.29, 1.82) is 0 Å². The zero-order valence-corrected chi connectivity index (χ0v) is 15.9. The Bertz CT molecular complexity index is 1790. The zero-order chi connectivity index (χ0) is 20.0. The number of rotatable bonds is 0. The highest BCUT2D eigenvalue weighted by molar-refractivity contribution is 6.19. The maximum atomic E-state index is 12.9. The fraction of sp³-hybridized carbons (Fsp3) is 0. The monoisotopic (exact) mass is 382 g/mol. The van der Waals surface area contributed by atoms with Crippen LogP contribution in [0.15, 0.2) is 94.5 Å². The van der Waals surface area contributed by atoms with Crippen molar-refractivity contribution in [2.45, 2.75) is 0 Å². The summed E-state index contributed by atoms with van der Waals surface area (Å²) in [5, 5.41) is 11.3. The Kier molecular flexibility index (Phi) is 2.80. The van der Waals surface area contributed by atoms with Gasteiger partial charge in [0.1, 0.15) is 0 Å². The molecule has 0 atom stereocenters. The first kappa shape index (κ1) is 15.8. The lowest BCUT2D eigenvalue weighted by Gasteiger charge is -2.04. The number of benzene rings is 5. The molecule has 0 saturated heterocycles. The van der Waals surface area contributed by atoms with E-state index in [1.165, 1.54) is 0 Å². The van der Waals surface area contributed by atoms with E-state index in [9.17, 15) is 9.59 Å². The summed E-state index contributed by atoms with van der Waals surface area (Å²) >= 11 is 0. The molecule has 0 radical (unpaired) electrons. The molecule has 0 aliphatic rings. The summed E-state index contributed by atoms with van der Waals surface area (Å²) in [4.78, 5) is 25.8. The fourth-order valence-corrected chi connectivity index (χ4v) is 5.04. The molecule has 0 amide bonds. The van der Waals surface area contributed by atoms with E-state index in [1.807, 2.05) is 60.7 Å². The van der Waals surface area contributed by atoms with Crippen molar-refractivity contribution in [3.63, 3.8) is 0 Å². The second kappa shape index (κ2) is 5.31. The molecule has 2 nitrogen and oxygen atoms in total. The molecule has 138 valence electrons. The van der Waals surface area contributed by atoms with Gasteiger partial charge >= 0.3 is 0 Å². The van der Waals surface area contributed by atoms with E-state index in [1.54, 1.807) is 0 Å². The maximum Gasteiger partial charge on any atom is 0.194 e. The van der Waals surface area contributed by atoms with Crippen LogP contribution in [0.5, 0.6) is 0 Å². The van der Waals surface area contributed by atoms with Crippen LogP contribution in [0.1, 0.15) is 0 Å². The Hall–Kier alpha value is -4.04. The molecule has 0 bridgehead atoms. The van der Waals surface area contributed by atoms with Gasteiger partial charge in [0.05, 0.1) is 0 Å². The topological polar surface area (TPSA) is 34.1 Å². The third kappa shape index (κ3) is 1.88. The van der Waals surface area contributed by atoms with Crippen molar-refractivity contribution < 1.29 is 0 Å². The molecule has 0 heterocycles. The summed E-state index contributed by atoms with van der Waals surface area (Å²) in [5.74, 6) is 0. The van der Waals surface area contributed by atoms with Gasteiger partial charge in [0.2, 0.25) is 0 Å². The molecule has 7 aromatic rings. The first-order valence-corrected chi connectivity index (χ1v) is 10.0. The normalized spacial score (nSPS) is 12.3. The van der Waals surface area contributed by atoms with Crippen LogP contribution in [0.4, 0.5) is 0 Å². The van der Waals surface area contributed by atoms with Gasteiger partial charge in [0.25, 0.3) is 0 Å². The van der Waals surface area contributed by atoms with Crippen molar-refractivity contribution in [2.75, 3.05) is 0 Å². The predicted octanol–water partition coefficient (Wildman–Crippen LogP) is 6.20. The quantitative estimate of drug-likeness (QED) is 0.293. The Morgan fingerprint density at radius 3 is 1.07 bits per heavy atom. The fourth-order valence-electron chi connectivity index (χ4n) is 5.04. The van der Waals surface area contributed by atoms with Gasteiger partial charge in [0, 0.05) is 21.5 Å². The van der Waals surface area contributed by atoms with Crippen LogP contribution in [-0.2, 0) is 0 Å². The highest BCUT2D eigenvalue weighted by Crippen LogP contribution is 2.33. The van der Waals surface area contributed by atoms with Crippen LogP contribution in [0.2, 0.25) is 0 Å². The third-order valence-electron chi connectivity index (χ3n) is 6.48. The second-order valence-electron chi connectivity index (χ2n) is 8.09. The van der Waals surface area contributed by atoms with Gasteiger partial charge in [-0.15, -0.1) is 0 Å².